The van der Waals surface area contributed by atoms with Crippen LogP contribution in [0.2, 0.25) is 5.15 Å². The van der Waals surface area contributed by atoms with Crippen LogP contribution in [0, 0.1) is 0 Å². The zero-order chi connectivity index (χ0) is 23.6. The highest BCUT2D eigenvalue weighted by molar-refractivity contribution is 6.29. The summed E-state index contributed by atoms with van der Waals surface area (Å²) in [5.74, 6) is 1.20. The fourth-order valence-corrected chi connectivity index (χ4v) is 4.05. The Balaban J connectivity index is 1.56. The molecule has 0 radical (unpaired) electrons. The standard InChI is InChI=1S/C24H32ClN3O5/c1-30-10-11-33-19-8-5-17(6-9-19)27-24(29)21-12-18(13-23(25)28-21)26-15-16-4-7-20(31-2)14-22(16)32-3/h4,7,12-14,17,19H,5-6,8-11,15H2,1-3H3,(H,26,28)(H,27,29)/t17-,19-. The van der Waals surface area contributed by atoms with Crippen LogP contribution in [-0.4, -0.2) is 57.6 Å². The number of methoxy groups -OCH3 is 3. The van der Waals surface area contributed by atoms with E-state index in [2.05, 4.69) is 15.6 Å². The third-order valence-electron chi connectivity index (χ3n) is 5.65. The Morgan fingerprint density at radius 2 is 1.85 bits per heavy atom. The minimum Gasteiger partial charge on any atom is -0.497 e. The number of carbonyl (C=O) groups excluding carboxylic acids is 1. The highest BCUT2D eigenvalue weighted by Gasteiger charge is 2.24. The number of nitrogens with zero attached hydrogens (tertiary/aromatic N) is 1. The quantitative estimate of drug-likeness (QED) is 0.372. The number of amides is 1. The van der Waals surface area contributed by atoms with Gasteiger partial charge in [-0.05, 0) is 49.9 Å². The predicted octanol–water partition coefficient (Wildman–Crippen LogP) is 4.07. The van der Waals surface area contributed by atoms with E-state index in [4.69, 9.17) is 30.5 Å². The number of halogens is 1. The summed E-state index contributed by atoms with van der Waals surface area (Å²) < 4.78 is 21.5. The van der Waals surface area contributed by atoms with Gasteiger partial charge in [0.25, 0.3) is 5.91 Å². The maximum absolute atomic E-state index is 12.8. The SMILES string of the molecule is COCCO[C@H]1CC[C@H](NC(=O)c2cc(NCc3ccc(OC)cc3OC)cc(Cl)n2)CC1. The van der Waals surface area contributed by atoms with E-state index in [0.29, 0.717) is 31.2 Å². The number of anilines is 1. The molecular formula is C24H32ClN3O5. The van der Waals surface area contributed by atoms with E-state index in [9.17, 15) is 4.79 Å². The fraction of sp³-hybridized carbons (Fsp3) is 0.500. The number of carbonyl (C=O) groups is 1. The lowest BCUT2D eigenvalue weighted by molar-refractivity contribution is -0.00409. The van der Waals surface area contributed by atoms with Gasteiger partial charge in [0.15, 0.2) is 0 Å². The molecule has 8 nitrogen and oxygen atoms in total. The first-order valence-electron chi connectivity index (χ1n) is 11.1. The van der Waals surface area contributed by atoms with Gasteiger partial charge < -0.3 is 29.6 Å². The van der Waals surface area contributed by atoms with Crippen LogP contribution >= 0.6 is 11.6 Å². The number of ether oxygens (including phenoxy) is 4. The Morgan fingerprint density at radius 1 is 1.06 bits per heavy atom. The molecule has 1 aliphatic carbocycles. The van der Waals surface area contributed by atoms with Gasteiger partial charge in [0.1, 0.15) is 22.3 Å². The monoisotopic (exact) mass is 477 g/mol. The summed E-state index contributed by atoms with van der Waals surface area (Å²) in [6.07, 6.45) is 3.78. The zero-order valence-corrected chi connectivity index (χ0v) is 20.1. The van der Waals surface area contributed by atoms with Crippen molar-refractivity contribution in [2.75, 3.05) is 39.9 Å². The topological polar surface area (TPSA) is 90.9 Å². The van der Waals surface area contributed by atoms with Crippen molar-refractivity contribution < 1.29 is 23.7 Å². The van der Waals surface area contributed by atoms with Crippen molar-refractivity contribution in [1.82, 2.24) is 10.3 Å². The molecule has 0 bridgehead atoms. The average Bonchev–Trinajstić information content (AvgIpc) is 2.83. The Labute approximate surface area is 199 Å². The van der Waals surface area contributed by atoms with Gasteiger partial charge in [-0.1, -0.05) is 11.6 Å². The summed E-state index contributed by atoms with van der Waals surface area (Å²) in [6, 6.07) is 9.12. The maximum atomic E-state index is 12.8. The third-order valence-corrected chi connectivity index (χ3v) is 5.85. The lowest BCUT2D eigenvalue weighted by Gasteiger charge is -2.29. The van der Waals surface area contributed by atoms with Crippen LogP contribution in [0.4, 0.5) is 5.69 Å². The molecule has 1 fully saturated rings. The molecule has 0 atom stereocenters. The number of benzene rings is 1. The minimum absolute atomic E-state index is 0.0977. The summed E-state index contributed by atoms with van der Waals surface area (Å²) >= 11 is 6.20. The molecule has 1 amide bonds. The average molecular weight is 478 g/mol. The largest absolute Gasteiger partial charge is 0.497 e. The maximum Gasteiger partial charge on any atom is 0.270 e. The van der Waals surface area contributed by atoms with E-state index < -0.39 is 0 Å². The third kappa shape index (κ3) is 7.48. The summed E-state index contributed by atoms with van der Waals surface area (Å²) in [4.78, 5) is 17.0. The highest BCUT2D eigenvalue weighted by atomic mass is 35.5. The lowest BCUT2D eigenvalue weighted by atomic mass is 9.93. The molecule has 9 heteroatoms. The normalized spacial score (nSPS) is 17.9. The lowest BCUT2D eigenvalue weighted by Crippen LogP contribution is -2.39. The summed E-state index contributed by atoms with van der Waals surface area (Å²) in [5, 5.41) is 6.62. The van der Waals surface area contributed by atoms with Crippen molar-refractivity contribution in [3.8, 4) is 11.5 Å². The van der Waals surface area contributed by atoms with Crippen molar-refractivity contribution in [1.29, 1.82) is 0 Å². The molecular weight excluding hydrogens is 446 g/mol. The van der Waals surface area contributed by atoms with Crippen LogP contribution in [0.1, 0.15) is 41.7 Å². The van der Waals surface area contributed by atoms with Crippen LogP contribution < -0.4 is 20.1 Å². The Bertz CT molecular complexity index is 919. The van der Waals surface area contributed by atoms with Gasteiger partial charge in [0, 0.05) is 37.0 Å². The molecule has 33 heavy (non-hydrogen) atoms. The Morgan fingerprint density at radius 3 is 2.55 bits per heavy atom. The van der Waals surface area contributed by atoms with Crippen molar-refractivity contribution in [3.05, 3.63) is 46.7 Å². The number of rotatable bonds is 11. The molecule has 0 spiro atoms. The smallest absolute Gasteiger partial charge is 0.270 e. The number of hydrogen-bond donors (Lipinski definition) is 2. The van der Waals surface area contributed by atoms with Gasteiger partial charge >= 0.3 is 0 Å². The summed E-state index contributed by atoms with van der Waals surface area (Å²) in [5.41, 5.74) is 1.93. The molecule has 180 valence electrons. The van der Waals surface area contributed by atoms with E-state index in [1.54, 1.807) is 33.5 Å². The molecule has 1 aromatic carbocycles. The molecule has 1 aromatic heterocycles. The molecule has 2 aromatic rings. The van der Waals surface area contributed by atoms with E-state index >= 15 is 0 Å². The predicted molar refractivity (Wildman–Crippen MR) is 127 cm³/mol. The van der Waals surface area contributed by atoms with Gasteiger partial charge in [-0.3, -0.25) is 4.79 Å². The molecule has 0 unspecified atom stereocenters. The number of pyridine rings is 1. The second-order valence-electron chi connectivity index (χ2n) is 7.91. The van der Waals surface area contributed by atoms with Gasteiger partial charge in [0.05, 0.1) is 33.5 Å². The molecule has 1 saturated carbocycles. The van der Waals surface area contributed by atoms with Crippen LogP contribution in [0.15, 0.2) is 30.3 Å². The Hall–Kier alpha value is -2.55. The van der Waals surface area contributed by atoms with Crippen LogP contribution in [0.3, 0.4) is 0 Å². The first-order chi connectivity index (χ1) is 16.0. The van der Waals surface area contributed by atoms with Gasteiger partial charge in [-0.25, -0.2) is 4.98 Å². The van der Waals surface area contributed by atoms with Crippen molar-refractivity contribution >= 4 is 23.2 Å². The van der Waals surface area contributed by atoms with E-state index in [1.807, 2.05) is 18.2 Å². The molecule has 1 aliphatic rings. The van der Waals surface area contributed by atoms with Crippen LogP contribution in [0.25, 0.3) is 0 Å². The van der Waals surface area contributed by atoms with Gasteiger partial charge in [-0.15, -0.1) is 0 Å². The second-order valence-corrected chi connectivity index (χ2v) is 8.29. The molecule has 1 heterocycles. The fourth-order valence-electron chi connectivity index (χ4n) is 3.84. The minimum atomic E-state index is -0.230. The van der Waals surface area contributed by atoms with Crippen molar-refractivity contribution in [2.24, 2.45) is 0 Å². The first-order valence-corrected chi connectivity index (χ1v) is 11.4. The van der Waals surface area contributed by atoms with Gasteiger partial charge in [0.2, 0.25) is 0 Å². The zero-order valence-electron chi connectivity index (χ0n) is 19.4. The number of nitrogens with one attached hydrogen (secondary N) is 2. The Kier molecular flexibility index (Phi) is 9.60. The molecule has 0 aliphatic heterocycles. The van der Waals surface area contributed by atoms with E-state index in [0.717, 1.165) is 37.0 Å². The molecule has 0 saturated heterocycles. The van der Waals surface area contributed by atoms with Crippen molar-refractivity contribution in [2.45, 2.75) is 44.4 Å². The van der Waals surface area contributed by atoms with E-state index in [-0.39, 0.29) is 28.9 Å². The van der Waals surface area contributed by atoms with E-state index in [1.165, 1.54) is 0 Å². The first kappa shape index (κ1) is 25.1. The molecule has 2 N–H and O–H groups in total. The number of hydrogen-bond acceptors (Lipinski definition) is 7. The second kappa shape index (κ2) is 12.6. The highest BCUT2D eigenvalue weighted by Crippen LogP contribution is 2.26. The summed E-state index contributed by atoms with van der Waals surface area (Å²) in [7, 11) is 4.89. The van der Waals surface area contributed by atoms with Crippen LogP contribution in [0.5, 0.6) is 11.5 Å². The van der Waals surface area contributed by atoms with Gasteiger partial charge in [-0.2, -0.15) is 0 Å². The van der Waals surface area contributed by atoms with Crippen molar-refractivity contribution in [3.63, 3.8) is 0 Å². The van der Waals surface area contributed by atoms with Crippen LogP contribution in [-0.2, 0) is 16.0 Å². The number of aromatic nitrogens is 1. The summed E-state index contributed by atoms with van der Waals surface area (Å²) in [6.45, 7) is 1.68. The molecule has 3 rings (SSSR count).